The number of aliphatic hydroxyl groups is 1. The van der Waals surface area contributed by atoms with E-state index in [0.717, 1.165) is 0 Å². The van der Waals surface area contributed by atoms with Crippen LogP contribution in [0.3, 0.4) is 0 Å². The molecule has 0 saturated carbocycles. The molecular weight excluding hydrogens is 192 g/mol. The molecule has 1 aliphatic rings. The van der Waals surface area contributed by atoms with Crippen molar-refractivity contribution in [2.45, 2.75) is 31.9 Å². The third kappa shape index (κ3) is 3.50. The minimum absolute atomic E-state index is 0. The van der Waals surface area contributed by atoms with Crippen molar-refractivity contribution in [3.8, 4) is 0 Å². The number of amides is 1. The molecular formula is C8H17ClN2O2. The first kappa shape index (κ1) is 12.7. The van der Waals surface area contributed by atoms with Crippen LogP contribution in [-0.2, 0) is 4.79 Å². The molecule has 1 rings (SSSR count). The smallest absolute Gasteiger partial charge is 0.239 e. The quantitative estimate of drug-likeness (QED) is 0.624. The average molecular weight is 209 g/mol. The number of hydrogen-bond acceptors (Lipinski definition) is 3. The second-order valence-corrected chi connectivity index (χ2v) is 3.35. The summed E-state index contributed by atoms with van der Waals surface area (Å²) in [7, 11) is 0. The number of likely N-dealkylation sites (tertiary alicyclic amines) is 1. The van der Waals surface area contributed by atoms with Crippen molar-refractivity contribution in [2.24, 2.45) is 5.73 Å². The maximum absolute atomic E-state index is 11.3. The molecule has 0 spiro atoms. The lowest BCUT2D eigenvalue weighted by molar-refractivity contribution is -0.134. The second-order valence-electron chi connectivity index (χ2n) is 3.35. The van der Waals surface area contributed by atoms with Gasteiger partial charge in [-0.1, -0.05) is 0 Å². The second kappa shape index (κ2) is 5.42. The minimum Gasteiger partial charge on any atom is -0.393 e. The van der Waals surface area contributed by atoms with Crippen LogP contribution in [0.5, 0.6) is 0 Å². The first-order valence-corrected chi connectivity index (χ1v) is 4.33. The van der Waals surface area contributed by atoms with E-state index in [-0.39, 0.29) is 24.4 Å². The van der Waals surface area contributed by atoms with E-state index in [1.54, 1.807) is 11.8 Å². The third-order valence-corrected chi connectivity index (χ3v) is 2.17. The molecule has 0 bridgehead atoms. The van der Waals surface area contributed by atoms with Crippen LogP contribution >= 0.6 is 12.4 Å². The predicted octanol–water partition coefficient (Wildman–Crippen LogP) is -0.261. The lowest BCUT2D eigenvalue weighted by Crippen LogP contribution is -2.46. The van der Waals surface area contributed by atoms with Crippen molar-refractivity contribution in [3.05, 3.63) is 0 Å². The molecule has 0 aromatic heterocycles. The average Bonchev–Trinajstić information content (AvgIpc) is 2.04. The maximum Gasteiger partial charge on any atom is 0.239 e. The molecule has 0 aromatic carbocycles. The minimum atomic E-state index is -0.416. The molecule has 0 aliphatic carbocycles. The van der Waals surface area contributed by atoms with Crippen molar-refractivity contribution in [1.82, 2.24) is 4.90 Å². The van der Waals surface area contributed by atoms with Gasteiger partial charge >= 0.3 is 0 Å². The van der Waals surface area contributed by atoms with Gasteiger partial charge in [0.2, 0.25) is 5.91 Å². The molecule has 1 fully saturated rings. The number of rotatable bonds is 1. The number of piperidine rings is 1. The van der Waals surface area contributed by atoms with Crippen molar-refractivity contribution in [2.75, 3.05) is 13.1 Å². The van der Waals surface area contributed by atoms with E-state index in [4.69, 9.17) is 5.73 Å². The third-order valence-electron chi connectivity index (χ3n) is 2.17. The Bertz CT molecular complexity index is 168. The number of carbonyl (C=O) groups is 1. The lowest BCUT2D eigenvalue weighted by Gasteiger charge is -2.30. The SMILES string of the molecule is CC(N)C(=O)N1CCC(O)CC1.Cl. The van der Waals surface area contributed by atoms with E-state index in [0.29, 0.717) is 25.9 Å². The Morgan fingerprint density at radius 3 is 2.38 bits per heavy atom. The lowest BCUT2D eigenvalue weighted by atomic mass is 10.1. The van der Waals surface area contributed by atoms with Gasteiger partial charge in [-0.05, 0) is 19.8 Å². The van der Waals surface area contributed by atoms with Crippen LogP contribution in [0.1, 0.15) is 19.8 Å². The van der Waals surface area contributed by atoms with Gasteiger partial charge in [0.05, 0.1) is 12.1 Å². The zero-order valence-electron chi connectivity index (χ0n) is 7.77. The molecule has 1 saturated heterocycles. The fourth-order valence-corrected chi connectivity index (χ4v) is 1.37. The zero-order chi connectivity index (χ0) is 9.14. The highest BCUT2D eigenvalue weighted by Gasteiger charge is 2.22. The van der Waals surface area contributed by atoms with Crippen LogP contribution in [0.15, 0.2) is 0 Å². The summed E-state index contributed by atoms with van der Waals surface area (Å²) in [5.74, 6) is -0.0121. The fraction of sp³-hybridized carbons (Fsp3) is 0.875. The molecule has 5 heteroatoms. The predicted molar refractivity (Wildman–Crippen MR) is 52.7 cm³/mol. The van der Waals surface area contributed by atoms with Gasteiger partial charge in [-0.2, -0.15) is 0 Å². The van der Waals surface area contributed by atoms with Crippen molar-refractivity contribution < 1.29 is 9.90 Å². The number of hydrogen-bond donors (Lipinski definition) is 2. The molecule has 0 radical (unpaired) electrons. The highest BCUT2D eigenvalue weighted by atomic mass is 35.5. The van der Waals surface area contributed by atoms with Crippen LogP contribution in [-0.4, -0.2) is 41.1 Å². The first-order chi connectivity index (χ1) is 5.61. The highest BCUT2D eigenvalue weighted by Crippen LogP contribution is 2.10. The molecule has 1 unspecified atom stereocenters. The van der Waals surface area contributed by atoms with Crippen LogP contribution in [0.2, 0.25) is 0 Å². The molecule has 0 aromatic rings. The standard InChI is InChI=1S/C8H16N2O2.ClH/c1-6(9)8(12)10-4-2-7(11)3-5-10;/h6-7,11H,2-5,9H2,1H3;1H. The Kier molecular flexibility index (Phi) is 5.29. The van der Waals surface area contributed by atoms with E-state index in [1.165, 1.54) is 0 Å². The Morgan fingerprint density at radius 2 is 2.00 bits per heavy atom. The number of halogens is 1. The molecule has 13 heavy (non-hydrogen) atoms. The number of nitrogens with two attached hydrogens (primary N) is 1. The van der Waals surface area contributed by atoms with Crippen LogP contribution < -0.4 is 5.73 Å². The molecule has 3 N–H and O–H groups in total. The Morgan fingerprint density at radius 1 is 1.54 bits per heavy atom. The summed E-state index contributed by atoms with van der Waals surface area (Å²) in [4.78, 5) is 13.0. The number of nitrogens with zero attached hydrogens (tertiary/aromatic N) is 1. The maximum atomic E-state index is 11.3. The topological polar surface area (TPSA) is 66.6 Å². The van der Waals surface area contributed by atoms with Gasteiger partial charge in [-0.3, -0.25) is 4.79 Å². The summed E-state index contributed by atoms with van der Waals surface area (Å²) in [6.07, 6.45) is 1.12. The number of aliphatic hydroxyl groups excluding tert-OH is 1. The normalized spacial score (nSPS) is 20.7. The van der Waals surface area contributed by atoms with Gasteiger partial charge in [-0.15, -0.1) is 12.4 Å². The monoisotopic (exact) mass is 208 g/mol. The molecule has 4 nitrogen and oxygen atoms in total. The summed E-state index contributed by atoms with van der Waals surface area (Å²) in [6.45, 7) is 2.97. The summed E-state index contributed by atoms with van der Waals surface area (Å²) in [5.41, 5.74) is 5.45. The van der Waals surface area contributed by atoms with E-state index in [9.17, 15) is 9.90 Å². The van der Waals surface area contributed by atoms with Gasteiger partial charge in [0.1, 0.15) is 0 Å². The fourth-order valence-electron chi connectivity index (χ4n) is 1.37. The Balaban J connectivity index is 0.00000144. The summed E-state index contributed by atoms with van der Waals surface area (Å²) in [6, 6.07) is -0.416. The molecule has 1 atom stereocenters. The van der Waals surface area contributed by atoms with Gasteiger partial charge in [-0.25, -0.2) is 0 Å². The molecule has 1 aliphatic heterocycles. The molecule has 1 heterocycles. The first-order valence-electron chi connectivity index (χ1n) is 4.33. The van der Waals surface area contributed by atoms with Crippen molar-refractivity contribution >= 4 is 18.3 Å². The highest BCUT2D eigenvalue weighted by molar-refractivity contribution is 5.85. The van der Waals surface area contributed by atoms with Crippen molar-refractivity contribution in [3.63, 3.8) is 0 Å². The summed E-state index contributed by atoms with van der Waals surface area (Å²) >= 11 is 0. The molecule has 1 amide bonds. The van der Waals surface area contributed by atoms with E-state index >= 15 is 0 Å². The van der Waals surface area contributed by atoms with E-state index in [1.807, 2.05) is 0 Å². The Labute approximate surface area is 84.5 Å². The van der Waals surface area contributed by atoms with Gasteiger partial charge in [0, 0.05) is 13.1 Å². The Hall–Kier alpha value is -0.320. The van der Waals surface area contributed by atoms with Gasteiger partial charge < -0.3 is 15.7 Å². The van der Waals surface area contributed by atoms with E-state index in [2.05, 4.69) is 0 Å². The van der Waals surface area contributed by atoms with Crippen molar-refractivity contribution in [1.29, 1.82) is 0 Å². The molecule has 78 valence electrons. The number of carbonyl (C=O) groups excluding carboxylic acids is 1. The summed E-state index contributed by atoms with van der Waals surface area (Å²) < 4.78 is 0. The van der Waals surface area contributed by atoms with Crippen LogP contribution in [0.4, 0.5) is 0 Å². The summed E-state index contributed by atoms with van der Waals surface area (Å²) in [5, 5.41) is 9.18. The van der Waals surface area contributed by atoms with Gasteiger partial charge in [0.25, 0.3) is 0 Å². The largest absolute Gasteiger partial charge is 0.393 e. The van der Waals surface area contributed by atoms with Crippen LogP contribution in [0.25, 0.3) is 0 Å². The van der Waals surface area contributed by atoms with Gasteiger partial charge in [0.15, 0.2) is 0 Å². The van der Waals surface area contributed by atoms with Crippen LogP contribution in [0, 0.1) is 0 Å². The van der Waals surface area contributed by atoms with E-state index < -0.39 is 6.04 Å². The zero-order valence-corrected chi connectivity index (χ0v) is 8.59.